The molecule has 0 fully saturated rings. The van der Waals surface area contributed by atoms with Crippen LogP contribution >= 0.6 is 11.6 Å². The lowest BCUT2D eigenvalue weighted by molar-refractivity contribution is 0.569. The van der Waals surface area contributed by atoms with Gasteiger partial charge in [-0.1, -0.05) is 78.3 Å². The lowest BCUT2D eigenvalue weighted by atomic mass is 10.1. The first-order valence-electron chi connectivity index (χ1n) is 10.6. The number of nitrogens with zero attached hydrogens (tertiary/aromatic N) is 4. The Kier molecular flexibility index (Phi) is 5.44. The van der Waals surface area contributed by atoms with Crippen molar-refractivity contribution in [1.82, 2.24) is 18.7 Å². The van der Waals surface area contributed by atoms with Crippen LogP contribution in [-0.2, 0) is 6.54 Å². The second-order valence-electron chi connectivity index (χ2n) is 7.89. The molecule has 0 spiro atoms. The van der Waals surface area contributed by atoms with Crippen molar-refractivity contribution in [3.8, 4) is 5.69 Å². The van der Waals surface area contributed by atoms with E-state index in [1.54, 1.807) is 35.2 Å². The van der Waals surface area contributed by atoms with Crippen LogP contribution < -0.4 is 11.2 Å². The summed E-state index contributed by atoms with van der Waals surface area (Å²) in [7, 11) is 0. The first-order valence-corrected chi connectivity index (χ1v) is 11.0. The molecule has 6 nitrogen and oxygen atoms in total. The molecule has 0 N–H and O–H groups in total. The summed E-state index contributed by atoms with van der Waals surface area (Å²) in [5.74, 6) is 0. The molecule has 1 unspecified atom stereocenters. The summed E-state index contributed by atoms with van der Waals surface area (Å²) < 4.78 is 4.55. The zero-order valence-corrected chi connectivity index (χ0v) is 18.7. The number of fused-ring (bicyclic) bond motifs is 1. The van der Waals surface area contributed by atoms with Gasteiger partial charge in [0.25, 0.3) is 5.56 Å². The van der Waals surface area contributed by atoms with Gasteiger partial charge in [0.15, 0.2) is 11.2 Å². The molecule has 164 valence electrons. The topological polar surface area (TPSA) is 61.8 Å². The SMILES string of the molecule is CC(c1ccccc1)n1c(=O)c2c(ncn2Cc2ccccc2)n(-c2cccc(Cl)c2)c1=O. The average Bonchev–Trinajstić information content (AvgIpc) is 3.23. The van der Waals surface area contributed by atoms with E-state index >= 15 is 0 Å². The lowest BCUT2D eigenvalue weighted by Gasteiger charge is -2.18. The number of hydrogen-bond acceptors (Lipinski definition) is 3. The summed E-state index contributed by atoms with van der Waals surface area (Å²) in [6.07, 6.45) is 1.61. The Bertz CT molecular complexity index is 1550. The highest BCUT2D eigenvalue weighted by Crippen LogP contribution is 2.20. The third kappa shape index (κ3) is 3.79. The molecule has 5 aromatic rings. The molecule has 0 bridgehead atoms. The van der Waals surface area contributed by atoms with Gasteiger partial charge in [0.2, 0.25) is 0 Å². The maximum absolute atomic E-state index is 13.7. The maximum atomic E-state index is 13.7. The molecule has 33 heavy (non-hydrogen) atoms. The highest BCUT2D eigenvalue weighted by molar-refractivity contribution is 6.30. The molecule has 3 aromatic carbocycles. The van der Waals surface area contributed by atoms with E-state index in [2.05, 4.69) is 4.98 Å². The zero-order chi connectivity index (χ0) is 22.9. The van der Waals surface area contributed by atoms with Crippen LogP contribution in [0.25, 0.3) is 16.9 Å². The maximum Gasteiger partial charge on any atom is 0.337 e. The van der Waals surface area contributed by atoms with Crippen LogP contribution in [0, 0.1) is 0 Å². The van der Waals surface area contributed by atoms with Crippen molar-refractivity contribution in [3.63, 3.8) is 0 Å². The molecule has 0 saturated heterocycles. The molecule has 0 saturated carbocycles. The Morgan fingerprint density at radius 3 is 2.30 bits per heavy atom. The van der Waals surface area contributed by atoms with E-state index in [4.69, 9.17) is 11.6 Å². The molecule has 2 heterocycles. The minimum atomic E-state index is -0.471. The Morgan fingerprint density at radius 2 is 1.61 bits per heavy atom. The lowest BCUT2D eigenvalue weighted by Crippen LogP contribution is -2.42. The van der Waals surface area contributed by atoms with Crippen LogP contribution in [0.3, 0.4) is 0 Å². The van der Waals surface area contributed by atoms with E-state index in [0.717, 1.165) is 11.1 Å². The molecule has 0 radical (unpaired) electrons. The van der Waals surface area contributed by atoms with Gasteiger partial charge in [-0.05, 0) is 36.2 Å². The molecule has 5 rings (SSSR count). The van der Waals surface area contributed by atoms with Crippen LogP contribution in [0.2, 0.25) is 5.02 Å². The minimum Gasteiger partial charge on any atom is -0.320 e. The number of halogens is 1. The highest BCUT2D eigenvalue weighted by Gasteiger charge is 2.23. The van der Waals surface area contributed by atoms with Gasteiger partial charge in [0.05, 0.1) is 18.1 Å². The Hall–Kier alpha value is -3.90. The van der Waals surface area contributed by atoms with Crippen molar-refractivity contribution in [2.24, 2.45) is 0 Å². The van der Waals surface area contributed by atoms with Crippen LogP contribution in [0.4, 0.5) is 0 Å². The molecule has 7 heteroatoms. The number of rotatable bonds is 5. The number of imidazole rings is 1. The number of aromatic nitrogens is 4. The summed E-state index contributed by atoms with van der Waals surface area (Å²) in [6, 6.07) is 25.9. The molecule has 0 aliphatic heterocycles. The van der Waals surface area contributed by atoms with E-state index in [9.17, 15) is 9.59 Å². The average molecular weight is 457 g/mol. The molecule has 0 amide bonds. The second-order valence-corrected chi connectivity index (χ2v) is 8.33. The predicted molar refractivity (Wildman–Crippen MR) is 130 cm³/mol. The zero-order valence-electron chi connectivity index (χ0n) is 17.9. The molecular formula is C26H21ClN4O2. The van der Waals surface area contributed by atoms with Gasteiger partial charge in [0.1, 0.15) is 0 Å². The number of benzene rings is 3. The van der Waals surface area contributed by atoms with E-state index in [1.165, 1.54) is 9.13 Å². The largest absolute Gasteiger partial charge is 0.337 e. The van der Waals surface area contributed by atoms with Crippen molar-refractivity contribution in [1.29, 1.82) is 0 Å². The quantitative estimate of drug-likeness (QED) is 0.386. The second kappa shape index (κ2) is 8.56. The number of hydrogen-bond donors (Lipinski definition) is 0. The van der Waals surface area contributed by atoms with Crippen molar-refractivity contribution in [2.45, 2.75) is 19.5 Å². The molecule has 0 aliphatic rings. The van der Waals surface area contributed by atoms with Crippen molar-refractivity contribution in [3.05, 3.63) is 128 Å². The molecule has 1 atom stereocenters. The highest BCUT2D eigenvalue weighted by atomic mass is 35.5. The van der Waals surface area contributed by atoms with E-state index in [0.29, 0.717) is 28.4 Å². The van der Waals surface area contributed by atoms with E-state index in [1.807, 2.05) is 67.6 Å². The molecular weight excluding hydrogens is 436 g/mol. The van der Waals surface area contributed by atoms with Crippen LogP contribution in [0.15, 0.2) is 101 Å². The summed E-state index contributed by atoms with van der Waals surface area (Å²) >= 11 is 6.23. The van der Waals surface area contributed by atoms with Crippen LogP contribution in [0.1, 0.15) is 24.1 Å². The summed E-state index contributed by atoms with van der Waals surface area (Å²) in [4.78, 5) is 32.0. The minimum absolute atomic E-state index is 0.305. The van der Waals surface area contributed by atoms with Crippen molar-refractivity contribution < 1.29 is 0 Å². The third-order valence-electron chi connectivity index (χ3n) is 5.78. The Morgan fingerprint density at radius 1 is 0.909 bits per heavy atom. The van der Waals surface area contributed by atoms with Crippen LogP contribution in [0.5, 0.6) is 0 Å². The molecule has 0 aliphatic carbocycles. The van der Waals surface area contributed by atoms with Gasteiger partial charge in [-0.15, -0.1) is 0 Å². The first kappa shape index (κ1) is 21.0. The van der Waals surface area contributed by atoms with E-state index in [-0.39, 0.29) is 5.56 Å². The Balaban J connectivity index is 1.82. The normalized spacial score (nSPS) is 12.2. The van der Waals surface area contributed by atoms with Gasteiger partial charge < -0.3 is 4.57 Å². The van der Waals surface area contributed by atoms with Gasteiger partial charge in [-0.25, -0.2) is 14.3 Å². The van der Waals surface area contributed by atoms with Gasteiger partial charge in [0, 0.05) is 11.6 Å². The predicted octanol–water partition coefficient (Wildman–Crippen LogP) is 4.66. The standard InChI is InChI=1S/C26H21ClN4O2/c1-18(20-11-6-3-7-12-20)30-25(32)23-24(28-17-29(23)16-19-9-4-2-5-10-19)31(26(30)33)22-14-8-13-21(27)15-22/h2-15,17-18H,16H2,1H3. The fourth-order valence-electron chi connectivity index (χ4n) is 4.12. The Labute approximate surface area is 195 Å². The summed E-state index contributed by atoms with van der Waals surface area (Å²) in [5, 5.41) is 0.491. The smallest absolute Gasteiger partial charge is 0.320 e. The van der Waals surface area contributed by atoms with Gasteiger partial charge in [-0.2, -0.15) is 0 Å². The van der Waals surface area contributed by atoms with Crippen LogP contribution in [-0.4, -0.2) is 18.7 Å². The summed E-state index contributed by atoms with van der Waals surface area (Å²) in [5.41, 5.74) is 2.27. The third-order valence-corrected chi connectivity index (χ3v) is 6.02. The van der Waals surface area contributed by atoms with Gasteiger partial charge >= 0.3 is 5.69 Å². The van der Waals surface area contributed by atoms with Gasteiger partial charge in [-0.3, -0.25) is 9.36 Å². The van der Waals surface area contributed by atoms with E-state index < -0.39 is 11.7 Å². The fraction of sp³-hybridized carbons (Fsp3) is 0.115. The van der Waals surface area contributed by atoms with Crippen molar-refractivity contribution in [2.75, 3.05) is 0 Å². The first-order chi connectivity index (χ1) is 16.0. The fourth-order valence-corrected chi connectivity index (χ4v) is 4.31. The molecule has 2 aromatic heterocycles. The monoisotopic (exact) mass is 456 g/mol. The summed E-state index contributed by atoms with van der Waals surface area (Å²) in [6.45, 7) is 2.31. The van der Waals surface area contributed by atoms with Crippen molar-refractivity contribution >= 4 is 22.8 Å².